The van der Waals surface area contributed by atoms with E-state index in [-0.39, 0.29) is 11.8 Å². The quantitative estimate of drug-likeness (QED) is 0.778. The van der Waals surface area contributed by atoms with E-state index < -0.39 is 0 Å². The third-order valence-corrected chi connectivity index (χ3v) is 2.85. The minimum atomic E-state index is -0.0916. The summed E-state index contributed by atoms with van der Waals surface area (Å²) < 4.78 is 0. The van der Waals surface area contributed by atoms with Crippen LogP contribution in [0.15, 0.2) is 29.4 Å². The third kappa shape index (κ3) is 1.91. The van der Waals surface area contributed by atoms with Gasteiger partial charge in [-0.1, -0.05) is 24.3 Å². The van der Waals surface area contributed by atoms with E-state index >= 15 is 0 Å². The molecule has 1 N–H and O–H groups in total. The summed E-state index contributed by atoms with van der Waals surface area (Å²) in [5.41, 5.74) is 5.83. The molecule has 1 heterocycles. The number of nitrogens with one attached hydrogen (secondary N) is 1. The number of nitrogens with zero attached hydrogens (tertiary/aromatic N) is 1. The minimum absolute atomic E-state index is 0.00996. The zero-order valence-corrected chi connectivity index (χ0v) is 8.95. The first-order valence-corrected chi connectivity index (χ1v) is 5.07. The van der Waals surface area contributed by atoms with Crippen LogP contribution < -0.4 is 5.43 Å². The Hall–Kier alpha value is -1.64. The summed E-state index contributed by atoms with van der Waals surface area (Å²) in [5.74, 6) is -0.0816. The van der Waals surface area contributed by atoms with Crippen molar-refractivity contribution in [3.63, 3.8) is 0 Å². The highest BCUT2D eigenvalue weighted by Gasteiger charge is 2.27. The smallest absolute Gasteiger partial charge is 0.249 e. The van der Waals surface area contributed by atoms with Crippen LogP contribution >= 0.6 is 0 Å². The van der Waals surface area contributed by atoms with E-state index in [4.69, 9.17) is 0 Å². The van der Waals surface area contributed by atoms with Gasteiger partial charge in [-0.25, -0.2) is 5.43 Å². The summed E-state index contributed by atoms with van der Waals surface area (Å²) in [5, 5.41) is 3.94. The number of carbonyl (C=O) groups excluding carboxylic acids is 1. The van der Waals surface area contributed by atoms with Crippen molar-refractivity contribution in [3.8, 4) is 0 Å². The standard InChI is InChI=1S/C12H14N2O/c1-8-5-3-4-6-10(8)7-11-9(2)13-14-12(11)15/h3-6,11H,7H2,1-2H3,(H,14,15). The molecule has 0 aromatic heterocycles. The highest BCUT2D eigenvalue weighted by Crippen LogP contribution is 2.17. The summed E-state index contributed by atoms with van der Waals surface area (Å²) >= 11 is 0. The van der Waals surface area contributed by atoms with Crippen LogP contribution in [0.1, 0.15) is 18.1 Å². The number of hydrogen-bond donors (Lipinski definition) is 1. The maximum absolute atomic E-state index is 11.5. The van der Waals surface area contributed by atoms with Crippen LogP contribution in [-0.2, 0) is 11.2 Å². The van der Waals surface area contributed by atoms with Crippen LogP contribution in [0.2, 0.25) is 0 Å². The van der Waals surface area contributed by atoms with Crippen LogP contribution in [0.4, 0.5) is 0 Å². The van der Waals surface area contributed by atoms with Gasteiger partial charge in [-0.05, 0) is 31.4 Å². The van der Waals surface area contributed by atoms with Gasteiger partial charge in [0.2, 0.25) is 5.91 Å². The van der Waals surface area contributed by atoms with Gasteiger partial charge in [0.15, 0.2) is 0 Å². The minimum Gasteiger partial charge on any atom is -0.272 e. The fourth-order valence-corrected chi connectivity index (χ4v) is 1.79. The molecule has 1 unspecified atom stereocenters. The summed E-state index contributed by atoms with van der Waals surface area (Å²) in [6, 6.07) is 8.14. The number of amides is 1. The molecule has 0 saturated heterocycles. The Morgan fingerprint density at radius 3 is 2.67 bits per heavy atom. The monoisotopic (exact) mass is 202 g/mol. The van der Waals surface area contributed by atoms with Crippen LogP contribution in [-0.4, -0.2) is 11.6 Å². The second-order valence-corrected chi connectivity index (χ2v) is 3.91. The van der Waals surface area contributed by atoms with E-state index in [2.05, 4.69) is 29.6 Å². The van der Waals surface area contributed by atoms with E-state index in [1.54, 1.807) is 0 Å². The molecule has 0 aliphatic carbocycles. The van der Waals surface area contributed by atoms with Gasteiger partial charge in [-0.3, -0.25) is 4.79 Å². The molecule has 15 heavy (non-hydrogen) atoms. The summed E-state index contributed by atoms with van der Waals surface area (Å²) in [6.07, 6.45) is 0.744. The zero-order valence-electron chi connectivity index (χ0n) is 8.95. The Kier molecular flexibility index (Phi) is 2.54. The summed E-state index contributed by atoms with van der Waals surface area (Å²) in [6.45, 7) is 3.95. The maximum Gasteiger partial charge on any atom is 0.249 e. The molecule has 3 nitrogen and oxygen atoms in total. The summed E-state index contributed by atoms with van der Waals surface area (Å²) in [7, 11) is 0. The van der Waals surface area contributed by atoms with Crippen molar-refractivity contribution >= 4 is 11.6 Å². The molecule has 1 aliphatic heterocycles. The number of hydrogen-bond acceptors (Lipinski definition) is 2. The molecule has 1 aromatic carbocycles. The van der Waals surface area contributed by atoms with Gasteiger partial charge in [-0.2, -0.15) is 5.10 Å². The van der Waals surface area contributed by atoms with Crippen molar-refractivity contribution in [2.75, 3.05) is 0 Å². The molecule has 0 radical (unpaired) electrons. The second kappa shape index (κ2) is 3.85. The predicted molar refractivity (Wildman–Crippen MR) is 59.6 cm³/mol. The molecule has 3 heteroatoms. The molecule has 2 rings (SSSR count). The number of benzene rings is 1. The fraction of sp³-hybridized carbons (Fsp3) is 0.333. The van der Waals surface area contributed by atoms with Crippen LogP contribution in [0, 0.1) is 12.8 Å². The molecule has 0 fully saturated rings. The average molecular weight is 202 g/mol. The van der Waals surface area contributed by atoms with Crippen molar-refractivity contribution in [3.05, 3.63) is 35.4 Å². The Morgan fingerprint density at radius 1 is 1.33 bits per heavy atom. The van der Waals surface area contributed by atoms with Crippen molar-refractivity contribution in [2.24, 2.45) is 11.0 Å². The lowest BCUT2D eigenvalue weighted by molar-refractivity contribution is -0.122. The van der Waals surface area contributed by atoms with Gasteiger partial charge in [0.1, 0.15) is 0 Å². The lowest BCUT2D eigenvalue weighted by Gasteiger charge is -2.09. The van der Waals surface area contributed by atoms with E-state index in [1.165, 1.54) is 11.1 Å². The normalized spacial score (nSPS) is 20.0. The van der Waals surface area contributed by atoms with Gasteiger partial charge in [0.25, 0.3) is 0 Å². The van der Waals surface area contributed by atoms with Gasteiger partial charge < -0.3 is 0 Å². The van der Waals surface area contributed by atoms with Crippen LogP contribution in [0.5, 0.6) is 0 Å². The highest BCUT2D eigenvalue weighted by atomic mass is 16.2. The second-order valence-electron chi connectivity index (χ2n) is 3.91. The Balaban J connectivity index is 2.19. The first-order valence-electron chi connectivity index (χ1n) is 5.07. The topological polar surface area (TPSA) is 41.5 Å². The maximum atomic E-state index is 11.5. The number of rotatable bonds is 2. The Labute approximate surface area is 89.2 Å². The van der Waals surface area contributed by atoms with Gasteiger partial charge in [0, 0.05) is 5.71 Å². The molecule has 78 valence electrons. The molecule has 0 saturated carbocycles. The lowest BCUT2D eigenvalue weighted by Crippen LogP contribution is -2.24. The van der Waals surface area contributed by atoms with Crippen LogP contribution in [0.25, 0.3) is 0 Å². The van der Waals surface area contributed by atoms with Gasteiger partial charge >= 0.3 is 0 Å². The van der Waals surface area contributed by atoms with E-state index in [0.717, 1.165) is 12.1 Å². The highest BCUT2D eigenvalue weighted by molar-refractivity contribution is 6.07. The first-order chi connectivity index (χ1) is 7.18. The number of aryl methyl sites for hydroxylation is 1. The van der Waals surface area contributed by atoms with Gasteiger partial charge in [-0.15, -0.1) is 0 Å². The predicted octanol–water partition coefficient (Wildman–Crippen LogP) is 1.66. The molecule has 1 amide bonds. The van der Waals surface area contributed by atoms with E-state index in [1.807, 2.05) is 19.1 Å². The van der Waals surface area contributed by atoms with E-state index in [0.29, 0.717) is 0 Å². The molecule has 0 bridgehead atoms. The molecule has 1 aliphatic rings. The molecular formula is C12H14N2O. The molecular weight excluding hydrogens is 188 g/mol. The van der Waals surface area contributed by atoms with Crippen molar-refractivity contribution in [2.45, 2.75) is 20.3 Å². The van der Waals surface area contributed by atoms with Crippen molar-refractivity contribution < 1.29 is 4.79 Å². The number of hydrazone groups is 1. The van der Waals surface area contributed by atoms with Crippen LogP contribution in [0.3, 0.4) is 0 Å². The van der Waals surface area contributed by atoms with Crippen molar-refractivity contribution in [1.29, 1.82) is 0 Å². The Morgan fingerprint density at radius 2 is 2.07 bits per heavy atom. The first kappa shape index (κ1) is 9.90. The molecule has 1 atom stereocenters. The molecule has 1 aromatic rings. The Bertz CT molecular complexity index is 423. The number of carbonyl (C=O) groups is 1. The van der Waals surface area contributed by atoms with E-state index in [9.17, 15) is 4.79 Å². The lowest BCUT2D eigenvalue weighted by atomic mass is 9.93. The largest absolute Gasteiger partial charge is 0.272 e. The SMILES string of the molecule is CC1=NNC(=O)C1Cc1ccccc1C. The zero-order chi connectivity index (χ0) is 10.8. The molecule has 0 spiro atoms. The summed E-state index contributed by atoms with van der Waals surface area (Å²) in [4.78, 5) is 11.5. The average Bonchev–Trinajstić information content (AvgIpc) is 2.53. The fourth-order valence-electron chi connectivity index (χ4n) is 1.79. The third-order valence-electron chi connectivity index (χ3n) is 2.85. The van der Waals surface area contributed by atoms with Crippen molar-refractivity contribution in [1.82, 2.24) is 5.43 Å². The van der Waals surface area contributed by atoms with Gasteiger partial charge in [0.05, 0.1) is 5.92 Å².